The van der Waals surface area contributed by atoms with Crippen LogP contribution in [0.2, 0.25) is 0 Å². The lowest BCUT2D eigenvalue weighted by molar-refractivity contribution is 0.181. The van der Waals surface area contributed by atoms with Crippen LogP contribution in [0, 0.1) is 0 Å². The molecule has 0 bridgehead atoms. The van der Waals surface area contributed by atoms with Crippen molar-refractivity contribution in [2.24, 2.45) is 0 Å². The molecule has 0 aliphatic carbocycles. The van der Waals surface area contributed by atoms with Crippen LogP contribution in [0.5, 0.6) is 5.75 Å². The van der Waals surface area contributed by atoms with Crippen LogP contribution >= 0.6 is 0 Å². The number of hydrogen-bond acceptors (Lipinski definition) is 4. The molecule has 0 spiro atoms. The molecule has 2 rings (SSSR count). The molecule has 0 aromatic heterocycles. The van der Waals surface area contributed by atoms with Gasteiger partial charge in [-0.1, -0.05) is 18.2 Å². The fourth-order valence-corrected chi connectivity index (χ4v) is 2.78. The molecule has 4 nitrogen and oxygen atoms in total. The topological polar surface area (TPSA) is 27.7 Å². The average molecular weight is 291 g/mol. The fraction of sp³-hybridized carbons (Fsp3) is 0.647. The Hall–Kier alpha value is -1.10. The molecule has 1 heterocycles. The minimum absolute atomic E-state index is 0.371. The van der Waals surface area contributed by atoms with Gasteiger partial charge in [-0.05, 0) is 27.0 Å². The molecule has 21 heavy (non-hydrogen) atoms. The summed E-state index contributed by atoms with van der Waals surface area (Å²) < 4.78 is 5.76. The van der Waals surface area contributed by atoms with Crippen LogP contribution in [-0.2, 0) is 0 Å². The summed E-state index contributed by atoms with van der Waals surface area (Å²) in [7, 11) is 2.20. The summed E-state index contributed by atoms with van der Waals surface area (Å²) in [4.78, 5) is 4.95. The summed E-state index contributed by atoms with van der Waals surface area (Å²) in [6.45, 7) is 11.8. The largest absolute Gasteiger partial charge is 0.494 e. The first-order valence-corrected chi connectivity index (χ1v) is 8.07. The molecule has 1 saturated heterocycles. The smallest absolute Gasteiger partial charge is 0.124 e. The van der Waals surface area contributed by atoms with Crippen molar-refractivity contribution >= 4 is 0 Å². The van der Waals surface area contributed by atoms with Crippen LogP contribution in [0.25, 0.3) is 0 Å². The van der Waals surface area contributed by atoms with Gasteiger partial charge in [0.15, 0.2) is 0 Å². The minimum Gasteiger partial charge on any atom is -0.494 e. The van der Waals surface area contributed by atoms with E-state index in [4.69, 9.17) is 4.74 Å². The van der Waals surface area contributed by atoms with Crippen molar-refractivity contribution in [3.63, 3.8) is 0 Å². The molecule has 0 amide bonds. The van der Waals surface area contributed by atoms with Gasteiger partial charge in [-0.15, -0.1) is 0 Å². The third kappa shape index (κ3) is 4.70. The number of piperazine rings is 1. The van der Waals surface area contributed by atoms with Crippen LogP contribution in [0.3, 0.4) is 0 Å². The quantitative estimate of drug-likeness (QED) is 0.831. The number of likely N-dealkylation sites (N-methyl/N-ethyl adjacent to an activating group) is 1. The van der Waals surface area contributed by atoms with E-state index >= 15 is 0 Å². The van der Waals surface area contributed by atoms with E-state index < -0.39 is 0 Å². The lowest BCUT2D eigenvalue weighted by Crippen LogP contribution is -2.46. The second kappa shape index (κ2) is 8.37. The van der Waals surface area contributed by atoms with Gasteiger partial charge in [-0.3, -0.25) is 9.80 Å². The summed E-state index contributed by atoms with van der Waals surface area (Å²) in [5.74, 6) is 1.02. The van der Waals surface area contributed by atoms with Gasteiger partial charge in [-0.2, -0.15) is 0 Å². The lowest BCUT2D eigenvalue weighted by Gasteiger charge is -2.31. The molecule has 1 aromatic rings. The molecule has 4 heteroatoms. The number of ether oxygens (including phenoxy) is 1. The van der Waals surface area contributed by atoms with E-state index in [-0.39, 0.29) is 0 Å². The van der Waals surface area contributed by atoms with Crippen LogP contribution in [0.1, 0.15) is 25.5 Å². The molecule has 118 valence electrons. The highest BCUT2D eigenvalue weighted by Crippen LogP contribution is 2.28. The van der Waals surface area contributed by atoms with Crippen molar-refractivity contribution < 1.29 is 4.74 Å². The normalized spacial score (nSPS) is 17.9. The number of hydrogen-bond donors (Lipinski definition) is 1. The van der Waals surface area contributed by atoms with Crippen molar-refractivity contribution in [2.45, 2.75) is 19.9 Å². The van der Waals surface area contributed by atoms with Crippen molar-refractivity contribution in [1.82, 2.24) is 15.1 Å². The van der Waals surface area contributed by atoms with E-state index in [0.717, 1.165) is 45.0 Å². The highest BCUT2D eigenvalue weighted by atomic mass is 16.5. The third-order valence-electron chi connectivity index (χ3n) is 4.31. The lowest BCUT2D eigenvalue weighted by atomic mass is 10.1. The standard InChI is InChI=1S/C17H29N3O/c1-4-21-17-8-6-5-7-16(17)15(2)19(3)13-14-20-11-9-18-10-12-20/h5-8,15,18H,4,9-14H2,1-3H3. The Morgan fingerprint density at radius 2 is 2.00 bits per heavy atom. The summed E-state index contributed by atoms with van der Waals surface area (Å²) in [5.41, 5.74) is 1.28. The number of nitrogens with zero attached hydrogens (tertiary/aromatic N) is 2. The maximum absolute atomic E-state index is 5.76. The second-order valence-corrected chi connectivity index (χ2v) is 5.72. The zero-order valence-electron chi connectivity index (χ0n) is 13.6. The molecule has 1 aliphatic heterocycles. The number of rotatable bonds is 7. The molecular weight excluding hydrogens is 262 g/mol. The van der Waals surface area contributed by atoms with Crippen LogP contribution in [0.4, 0.5) is 0 Å². The predicted molar refractivity (Wildman–Crippen MR) is 88.0 cm³/mol. The molecule has 1 atom stereocenters. The average Bonchev–Trinajstić information content (AvgIpc) is 2.54. The van der Waals surface area contributed by atoms with Crippen molar-refractivity contribution in [1.29, 1.82) is 0 Å². The van der Waals surface area contributed by atoms with Gasteiger partial charge in [0.1, 0.15) is 5.75 Å². The predicted octanol–water partition coefficient (Wildman–Crippen LogP) is 1.98. The van der Waals surface area contributed by atoms with Gasteiger partial charge in [0.2, 0.25) is 0 Å². The zero-order chi connectivity index (χ0) is 15.1. The number of nitrogens with one attached hydrogen (secondary N) is 1. The van der Waals surface area contributed by atoms with Crippen LogP contribution in [-0.4, -0.2) is 62.7 Å². The molecule has 0 saturated carbocycles. The Morgan fingerprint density at radius 1 is 1.29 bits per heavy atom. The Bertz CT molecular complexity index is 418. The Labute approximate surface area is 129 Å². The zero-order valence-corrected chi connectivity index (χ0v) is 13.6. The number of para-hydroxylation sites is 1. The fourth-order valence-electron chi connectivity index (χ4n) is 2.78. The first-order chi connectivity index (χ1) is 10.2. The maximum atomic E-state index is 5.76. The minimum atomic E-state index is 0.371. The Kier molecular flexibility index (Phi) is 6.49. The van der Waals surface area contributed by atoms with Crippen molar-refractivity contribution in [3.05, 3.63) is 29.8 Å². The molecule has 1 unspecified atom stereocenters. The van der Waals surface area contributed by atoms with Crippen LogP contribution < -0.4 is 10.1 Å². The highest BCUT2D eigenvalue weighted by Gasteiger charge is 2.17. The highest BCUT2D eigenvalue weighted by molar-refractivity contribution is 5.35. The van der Waals surface area contributed by atoms with Crippen LogP contribution in [0.15, 0.2) is 24.3 Å². The van der Waals surface area contributed by atoms with Gasteiger partial charge >= 0.3 is 0 Å². The summed E-state index contributed by atoms with van der Waals surface area (Å²) >= 11 is 0. The van der Waals surface area contributed by atoms with E-state index in [2.05, 4.69) is 47.3 Å². The van der Waals surface area contributed by atoms with Gasteiger partial charge in [0.05, 0.1) is 6.61 Å². The van der Waals surface area contributed by atoms with Gasteiger partial charge < -0.3 is 10.1 Å². The molecule has 0 radical (unpaired) electrons. The van der Waals surface area contributed by atoms with Crippen molar-refractivity contribution in [2.75, 3.05) is 52.9 Å². The first kappa shape index (κ1) is 16.3. The molecular formula is C17H29N3O. The molecule has 1 aliphatic rings. The summed E-state index contributed by atoms with van der Waals surface area (Å²) in [5, 5.41) is 3.40. The van der Waals surface area contributed by atoms with E-state index in [1.807, 2.05) is 13.0 Å². The van der Waals surface area contributed by atoms with E-state index in [1.54, 1.807) is 0 Å². The Balaban J connectivity index is 1.90. The van der Waals surface area contributed by atoms with Gasteiger partial charge in [-0.25, -0.2) is 0 Å². The van der Waals surface area contributed by atoms with E-state index in [0.29, 0.717) is 12.6 Å². The van der Waals surface area contributed by atoms with E-state index in [9.17, 15) is 0 Å². The maximum Gasteiger partial charge on any atom is 0.124 e. The number of benzene rings is 1. The van der Waals surface area contributed by atoms with Crippen molar-refractivity contribution in [3.8, 4) is 5.75 Å². The van der Waals surface area contributed by atoms with Gasteiger partial charge in [0, 0.05) is 50.9 Å². The molecule has 1 fully saturated rings. The molecule has 1 N–H and O–H groups in total. The third-order valence-corrected chi connectivity index (χ3v) is 4.31. The first-order valence-electron chi connectivity index (χ1n) is 8.07. The van der Waals surface area contributed by atoms with Gasteiger partial charge in [0.25, 0.3) is 0 Å². The molecule has 1 aromatic carbocycles. The monoisotopic (exact) mass is 291 g/mol. The SMILES string of the molecule is CCOc1ccccc1C(C)N(C)CCN1CCNCC1. The van der Waals surface area contributed by atoms with E-state index in [1.165, 1.54) is 5.56 Å². The second-order valence-electron chi connectivity index (χ2n) is 5.72. The summed E-state index contributed by atoms with van der Waals surface area (Å²) in [6, 6.07) is 8.76. The Morgan fingerprint density at radius 3 is 2.71 bits per heavy atom. The summed E-state index contributed by atoms with van der Waals surface area (Å²) in [6.07, 6.45) is 0.